The molecule has 0 bridgehead atoms. The van der Waals surface area contributed by atoms with Gasteiger partial charge in [-0.1, -0.05) is 12.1 Å². The van der Waals surface area contributed by atoms with Crippen LogP contribution in [0.5, 0.6) is 5.75 Å². The molecule has 1 aliphatic heterocycles. The molecule has 2 heterocycles. The van der Waals surface area contributed by atoms with E-state index < -0.39 is 11.7 Å². The number of pyridine rings is 1. The van der Waals surface area contributed by atoms with Crippen molar-refractivity contribution in [2.75, 3.05) is 13.1 Å². The Morgan fingerprint density at radius 1 is 1.21 bits per heavy atom. The van der Waals surface area contributed by atoms with Crippen molar-refractivity contribution in [3.8, 4) is 5.75 Å². The fraction of sp³-hybridized carbons (Fsp3) is 0.429. The first-order valence-corrected chi connectivity index (χ1v) is 9.42. The van der Waals surface area contributed by atoms with Gasteiger partial charge in [0, 0.05) is 38.2 Å². The summed E-state index contributed by atoms with van der Waals surface area (Å²) in [6.07, 6.45) is -3.27. The maximum Gasteiger partial charge on any atom is 0.416 e. The first-order chi connectivity index (χ1) is 13.6. The van der Waals surface area contributed by atoms with E-state index in [1.54, 1.807) is 18.0 Å². The Hall–Kier alpha value is -2.77. The highest BCUT2D eigenvalue weighted by molar-refractivity contribution is 5.76. The van der Waals surface area contributed by atoms with Gasteiger partial charge in [0.05, 0.1) is 12.1 Å². The molecule has 0 spiro atoms. The number of ether oxygens (including phenoxy) is 1. The molecule has 29 heavy (non-hydrogen) atoms. The summed E-state index contributed by atoms with van der Waals surface area (Å²) in [4.78, 5) is 26.0. The van der Waals surface area contributed by atoms with Crippen molar-refractivity contribution in [1.29, 1.82) is 0 Å². The summed E-state index contributed by atoms with van der Waals surface area (Å²) in [6.45, 7) is 2.81. The molecule has 1 fully saturated rings. The Morgan fingerprint density at radius 3 is 2.52 bits per heavy atom. The number of carbonyl (C=O) groups excluding carboxylic acids is 1. The minimum absolute atomic E-state index is 0.0591. The molecule has 2 aromatic rings. The smallest absolute Gasteiger partial charge is 0.416 e. The topological polar surface area (TPSA) is 51.5 Å². The van der Waals surface area contributed by atoms with E-state index in [0.29, 0.717) is 37.2 Å². The van der Waals surface area contributed by atoms with Gasteiger partial charge < -0.3 is 14.2 Å². The lowest BCUT2D eigenvalue weighted by atomic mass is 10.1. The molecule has 1 aromatic carbocycles. The highest BCUT2D eigenvalue weighted by atomic mass is 19.4. The lowest BCUT2D eigenvalue weighted by Gasteiger charge is -2.18. The summed E-state index contributed by atoms with van der Waals surface area (Å²) in [6, 6.07) is 8.10. The van der Waals surface area contributed by atoms with Gasteiger partial charge in [0.2, 0.25) is 5.91 Å². The maximum atomic E-state index is 12.6. The third kappa shape index (κ3) is 5.19. The average Bonchev–Trinajstić information content (AvgIpc) is 3.12. The SMILES string of the molecule is Cc1cc(OC2CCN(C(=O)CCc3ccc(C(F)(F)F)cc3)C2)cc(=O)n1C. The summed E-state index contributed by atoms with van der Waals surface area (Å²) in [5.74, 6) is 0.436. The minimum atomic E-state index is -4.36. The molecule has 1 aromatic heterocycles. The zero-order chi connectivity index (χ0) is 21.2. The van der Waals surface area contributed by atoms with E-state index >= 15 is 0 Å². The van der Waals surface area contributed by atoms with E-state index in [4.69, 9.17) is 4.74 Å². The molecule has 8 heteroatoms. The van der Waals surface area contributed by atoms with Crippen molar-refractivity contribution in [2.45, 2.75) is 38.5 Å². The summed E-state index contributed by atoms with van der Waals surface area (Å²) in [7, 11) is 1.69. The number of benzene rings is 1. The Morgan fingerprint density at radius 2 is 1.90 bits per heavy atom. The van der Waals surface area contributed by atoms with Crippen LogP contribution in [0.25, 0.3) is 0 Å². The van der Waals surface area contributed by atoms with Crippen LogP contribution in [0, 0.1) is 6.92 Å². The first-order valence-electron chi connectivity index (χ1n) is 9.42. The molecular formula is C21H23F3N2O3. The molecule has 0 aliphatic carbocycles. The lowest BCUT2D eigenvalue weighted by molar-refractivity contribution is -0.137. The van der Waals surface area contributed by atoms with Gasteiger partial charge in [-0.25, -0.2) is 0 Å². The Balaban J connectivity index is 1.51. The average molecular weight is 408 g/mol. The number of amides is 1. The standard InChI is InChI=1S/C21H23F3N2O3/c1-14-11-18(12-20(28)25(14)2)29-17-9-10-26(13-17)19(27)8-5-15-3-6-16(7-4-15)21(22,23)24/h3-4,6-7,11-12,17H,5,8-10,13H2,1-2H3. The highest BCUT2D eigenvalue weighted by Gasteiger charge is 2.30. The minimum Gasteiger partial charge on any atom is -0.488 e. The van der Waals surface area contributed by atoms with Crippen LogP contribution in [0.2, 0.25) is 0 Å². The van der Waals surface area contributed by atoms with Gasteiger partial charge in [0.15, 0.2) is 0 Å². The fourth-order valence-electron chi connectivity index (χ4n) is 3.32. The Labute approximate surface area is 166 Å². The van der Waals surface area contributed by atoms with E-state index in [1.807, 2.05) is 6.92 Å². The predicted octanol–water partition coefficient (Wildman–Crippen LogP) is 3.33. The van der Waals surface area contributed by atoms with Crippen LogP contribution < -0.4 is 10.3 Å². The number of halogens is 3. The molecular weight excluding hydrogens is 385 g/mol. The molecule has 1 unspecified atom stereocenters. The zero-order valence-corrected chi connectivity index (χ0v) is 16.3. The van der Waals surface area contributed by atoms with Gasteiger partial charge in [-0.05, 0) is 37.1 Å². The third-order valence-electron chi connectivity index (χ3n) is 5.19. The largest absolute Gasteiger partial charge is 0.488 e. The first kappa shape index (κ1) is 21.0. The number of aryl methyl sites for hydroxylation is 2. The Bertz CT molecular complexity index is 936. The number of nitrogens with zero attached hydrogens (tertiary/aromatic N) is 2. The predicted molar refractivity (Wildman–Crippen MR) is 102 cm³/mol. The lowest BCUT2D eigenvalue weighted by Crippen LogP contribution is -2.31. The Kier molecular flexibility index (Phi) is 6.00. The van der Waals surface area contributed by atoms with Gasteiger partial charge in [0.25, 0.3) is 5.56 Å². The van der Waals surface area contributed by atoms with Crippen molar-refractivity contribution in [3.05, 3.63) is 63.6 Å². The third-order valence-corrected chi connectivity index (χ3v) is 5.19. The van der Waals surface area contributed by atoms with Crippen LogP contribution >= 0.6 is 0 Å². The van der Waals surface area contributed by atoms with Gasteiger partial charge in [0.1, 0.15) is 11.9 Å². The molecule has 1 atom stereocenters. The van der Waals surface area contributed by atoms with E-state index in [2.05, 4.69) is 0 Å². The molecule has 1 aliphatic rings. The van der Waals surface area contributed by atoms with Crippen molar-refractivity contribution in [3.63, 3.8) is 0 Å². The quantitative estimate of drug-likeness (QED) is 0.763. The summed E-state index contributed by atoms with van der Waals surface area (Å²) in [5, 5.41) is 0. The normalized spacial score (nSPS) is 16.9. The molecule has 1 saturated heterocycles. The number of hydrogen-bond acceptors (Lipinski definition) is 3. The van der Waals surface area contributed by atoms with Crippen LogP contribution in [0.15, 0.2) is 41.2 Å². The van der Waals surface area contributed by atoms with E-state index in [1.165, 1.54) is 22.8 Å². The number of carbonyl (C=O) groups is 1. The second kappa shape index (κ2) is 8.31. The van der Waals surface area contributed by atoms with Crippen LogP contribution in [0.3, 0.4) is 0 Å². The molecule has 1 amide bonds. The van der Waals surface area contributed by atoms with Gasteiger partial charge in [-0.3, -0.25) is 9.59 Å². The van der Waals surface area contributed by atoms with Crippen molar-refractivity contribution in [1.82, 2.24) is 9.47 Å². The second-order valence-corrected chi connectivity index (χ2v) is 7.29. The van der Waals surface area contributed by atoms with Gasteiger partial charge in [-0.2, -0.15) is 13.2 Å². The van der Waals surface area contributed by atoms with Crippen molar-refractivity contribution >= 4 is 5.91 Å². The van der Waals surface area contributed by atoms with E-state index in [0.717, 1.165) is 17.8 Å². The summed E-state index contributed by atoms with van der Waals surface area (Å²) >= 11 is 0. The van der Waals surface area contributed by atoms with Crippen LogP contribution in [-0.2, 0) is 24.4 Å². The number of hydrogen-bond donors (Lipinski definition) is 0. The molecule has 5 nitrogen and oxygen atoms in total. The molecule has 0 radical (unpaired) electrons. The maximum absolute atomic E-state index is 12.6. The van der Waals surface area contributed by atoms with E-state index in [-0.39, 0.29) is 24.0 Å². The number of alkyl halides is 3. The highest BCUT2D eigenvalue weighted by Crippen LogP contribution is 2.29. The molecule has 0 saturated carbocycles. The van der Waals surface area contributed by atoms with Crippen molar-refractivity contribution in [2.24, 2.45) is 7.05 Å². The molecule has 156 valence electrons. The number of likely N-dealkylation sites (tertiary alicyclic amines) is 1. The van der Waals surface area contributed by atoms with Crippen molar-refractivity contribution < 1.29 is 22.7 Å². The van der Waals surface area contributed by atoms with Crippen LogP contribution in [0.4, 0.5) is 13.2 Å². The number of rotatable bonds is 5. The van der Waals surface area contributed by atoms with Crippen LogP contribution in [0.1, 0.15) is 29.7 Å². The molecule has 0 N–H and O–H groups in total. The summed E-state index contributed by atoms with van der Waals surface area (Å²) < 4.78 is 45.2. The van der Waals surface area contributed by atoms with Gasteiger partial charge in [-0.15, -0.1) is 0 Å². The monoisotopic (exact) mass is 408 g/mol. The second-order valence-electron chi connectivity index (χ2n) is 7.29. The molecule has 3 rings (SSSR count). The zero-order valence-electron chi connectivity index (χ0n) is 16.3. The summed E-state index contributed by atoms with van der Waals surface area (Å²) in [5.41, 5.74) is 0.629. The number of aromatic nitrogens is 1. The fourth-order valence-corrected chi connectivity index (χ4v) is 3.32. The van der Waals surface area contributed by atoms with Gasteiger partial charge >= 0.3 is 6.18 Å². The van der Waals surface area contributed by atoms with E-state index in [9.17, 15) is 22.8 Å². The van der Waals surface area contributed by atoms with Crippen LogP contribution in [-0.4, -0.2) is 34.6 Å².